The van der Waals surface area contributed by atoms with E-state index in [4.69, 9.17) is 5.73 Å². The lowest BCUT2D eigenvalue weighted by molar-refractivity contribution is -0.132. The fourth-order valence-electron chi connectivity index (χ4n) is 3.79. The van der Waals surface area contributed by atoms with Crippen molar-refractivity contribution in [3.05, 3.63) is 0 Å². The van der Waals surface area contributed by atoms with Crippen molar-refractivity contribution >= 4 is 5.91 Å². The molecule has 0 aromatic rings. The highest BCUT2D eigenvalue weighted by atomic mass is 16.1. The zero-order valence-corrected chi connectivity index (χ0v) is 13.3. The minimum atomic E-state index is -0.00457. The first-order valence-electron chi connectivity index (χ1n) is 8.18. The van der Waals surface area contributed by atoms with Crippen molar-refractivity contribution in [3.63, 3.8) is 0 Å². The number of amides is 1. The van der Waals surface area contributed by atoms with Gasteiger partial charge in [-0.15, -0.1) is 0 Å². The third-order valence-corrected chi connectivity index (χ3v) is 5.75. The third kappa shape index (κ3) is 3.34. The Morgan fingerprint density at radius 2 is 1.95 bits per heavy atom. The molecule has 0 radical (unpaired) electrons. The fourth-order valence-corrected chi connectivity index (χ4v) is 3.79. The minimum absolute atomic E-state index is 0.00457. The first-order chi connectivity index (χ1) is 9.43. The quantitative estimate of drug-likeness (QED) is 0.823. The highest BCUT2D eigenvalue weighted by Crippen LogP contribution is 2.44. The maximum absolute atomic E-state index is 12.5. The van der Waals surface area contributed by atoms with Gasteiger partial charge in [0, 0.05) is 25.0 Å². The van der Waals surface area contributed by atoms with Crippen LogP contribution in [-0.2, 0) is 4.79 Å². The van der Waals surface area contributed by atoms with Crippen LogP contribution in [0.5, 0.6) is 0 Å². The predicted molar refractivity (Wildman–Crippen MR) is 82.3 cm³/mol. The molecule has 1 aliphatic heterocycles. The Bertz CT molecular complexity index is 337. The molecule has 20 heavy (non-hydrogen) atoms. The number of nitrogens with one attached hydrogen (secondary N) is 1. The van der Waals surface area contributed by atoms with Crippen LogP contribution >= 0.6 is 0 Å². The van der Waals surface area contributed by atoms with Crippen LogP contribution in [0, 0.1) is 17.3 Å². The lowest BCUT2D eigenvalue weighted by atomic mass is 9.61. The van der Waals surface area contributed by atoms with Crippen LogP contribution in [0.3, 0.4) is 0 Å². The number of hydrogen-bond acceptors (Lipinski definition) is 3. The van der Waals surface area contributed by atoms with Gasteiger partial charge in [-0.3, -0.25) is 4.79 Å². The zero-order chi connectivity index (χ0) is 14.8. The van der Waals surface area contributed by atoms with E-state index in [2.05, 4.69) is 31.0 Å². The number of carbonyl (C=O) groups is 1. The molecule has 4 heteroatoms. The van der Waals surface area contributed by atoms with E-state index in [0.29, 0.717) is 5.92 Å². The minimum Gasteiger partial charge on any atom is -0.355 e. The predicted octanol–water partition coefficient (Wildman–Crippen LogP) is 1.60. The van der Waals surface area contributed by atoms with Crippen LogP contribution in [0.25, 0.3) is 0 Å². The number of likely N-dealkylation sites (tertiary alicyclic amines) is 1. The zero-order valence-electron chi connectivity index (χ0n) is 13.3. The smallest absolute Gasteiger partial charge is 0.223 e. The van der Waals surface area contributed by atoms with Gasteiger partial charge in [0.25, 0.3) is 0 Å². The molecule has 2 fully saturated rings. The number of nitrogens with zero attached hydrogens (tertiary/aromatic N) is 1. The monoisotopic (exact) mass is 281 g/mol. The number of hydrogen-bond donors (Lipinski definition) is 2. The van der Waals surface area contributed by atoms with Crippen LogP contribution in [0.15, 0.2) is 0 Å². The van der Waals surface area contributed by atoms with Crippen molar-refractivity contribution < 1.29 is 4.79 Å². The molecule has 3 unspecified atom stereocenters. The van der Waals surface area contributed by atoms with Gasteiger partial charge in [0.2, 0.25) is 5.91 Å². The molecule has 2 rings (SSSR count). The molecular weight excluding hydrogens is 250 g/mol. The van der Waals surface area contributed by atoms with E-state index in [1.54, 1.807) is 0 Å². The van der Waals surface area contributed by atoms with E-state index in [9.17, 15) is 4.79 Å². The standard InChI is InChI=1S/C16H31N3O/c1-12-14(17)7-6-13(16(12,2)3)15(20)18-8-11-19-9-4-5-10-19/h12-14H,4-11,17H2,1-3H3,(H,18,20). The number of nitrogens with two attached hydrogens (primary N) is 1. The SMILES string of the molecule is CC1C(N)CCC(C(=O)NCCN2CCCC2)C1(C)C. The molecule has 116 valence electrons. The maximum Gasteiger partial charge on any atom is 0.223 e. The molecule has 0 aromatic heterocycles. The second-order valence-electron chi connectivity index (χ2n) is 7.24. The van der Waals surface area contributed by atoms with Crippen molar-refractivity contribution in [1.82, 2.24) is 10.2 Å². The molecule has 1 amide bonds. The van der Waals surface area contributed by atoms with Crippen LogP contribution in [0.1, 0.15) is 46.5 Å². The average molecular weight is 281 g/mol. The molecule has 1 saturated carbocycles. The summed E-state index contributed by atoms with van der Waals surface area (Å²) in [6.07, 6.45) is 4.50. The topological polar surface area (TPSA) is 58.4 Å². The van der Waals surface area contributed by atoms with Crippen LogP contribution in [0.2, 0.25) is 0 Å². The van der Waals surface area contributed by atoms with E-state index in [1.807, 2.05) is 0 Å². The second-order valence-corrected chi connectivity index (χ2v) is 7.24. The Hall–Kier alpha value is -0.610. The van der Waals surface area contributed by atoms with Crippen LogP contribution in [0.4, 0.5) is 0 Å². The lowest BCUT2D eigenvalue weighted by Gasteiger charge is -2.46. The van der Waals surface area contributed by atoms with Gasteiger partial charge in [-0.2, -0.15) is 0 Å². The molecule has 1 heterocycles. The van der Waals surface area contributed by atoms with Gasteiger partial charge in [0.15, 0.2) is 0 Å². The Morgan fingerprint density at radius 3 is 2.60 bits per heavy atom. The summed E-state index contributed by atoms with van der Waals surface area (Å²) >= 11 is 0. The van der Waals surface area contributed by atoms with Crippen LogP contribution in [-0.4, -0.2) is 43.0 Å². The molecule has 4 nitrogen and oxygen atoms in total. The van der Waals surface area contributed by atoms with Gasteiger partial charge in [0.1, 0.15) is 0 Å². The van der Waals surface area contributed by atoms with Gasteiger partial charge in [-0.25, -0.2) is 0 Å². The molecule has 0 bridgehead atoms. The average Bonchev–Trinajstić information content (AvgIpc) is 2.89. The van der Waals surface area contributed by atoms with Crippen molar-refractivity contribution in [2.75, 3.05) is 26.2 Å². The lowest BCUT2D eigenvalue weighted by Crippen LogP contribution is -2.52. The molecular formula is C16H31N3O. The van der Waals surface area contributed by atoms with E-state index in [0.717, 1.165) is 25.9 Å². The Morgan fingerprint density at radius 1 is 1.30 bits per heavy atom. The number of rotatable bonds is 4. The van der Waals surface area contributed by atoms with E-state index < -0.39 is 0 Å². The second kappa shape index (κ2) is 6.44. The van der Waals surface area contributed by atoms with E-state index in [1.165, 1.54) is 25.9 Å². The maximum atomic E-state index is 12.5. The Kier molecular flexibility index (Phi) is 5.08. The van der Waals surface area contributed by atoms with Crippen LogP contribution < -0.4 is 11.1 Å². The van der Waals surface area contributed by atoms with Gasteiger partial charge in [-0.05, 0) is 50.1 Å². The van der Waals surface area contributed by atoms with E-state index >= 15 is 0 Å². The Balaban J connectivity index is 1.81. The molecule has 3 N–H and O–H groups in total. The normalized spacial score (nSPS) is 34.1. The summed E-state index contributed by atoms with van der Waals surface area (Å²) in [7, 11) is 0. The summed E-state index contributed by atoms with van der Waals surface area (Å²) in [5, 5.41) is 3.15. The molecule has 3 atom stereocenters. The highest BCUT2D eigenvalue weighted by molar-refractivity contribution is 5.79. The summed E-state index contributed by atoms with van der Waals surface area (Å²) in [4.78, 5) is 14.9. The van der Waals surface area contributed by atoms with Gasteiger partial charge >= 0.3 is 0 Å². The largest absolute Gasteiger partial charge is 0.355 e. The summed E-state index contributed by atoms with van der Waals surface area (Å²) < 4.78 is 0. The highest BCUT2D eigenvalue weighted by Gasteiger charge is 2.44. The summed E-state index contributed by atoms with van der Waals surface area (Å²) in [5.74, 6) is 0.731. The first kappa shape index (κ1) is 15.8. The van der Waals surface area contributed by atoms with Gasteiger partial charge in [-0.1, -0.05) is 20.8 Å². The summed E-state index contributed by atoms with van der Waals surface area (Å²) in [6, 6.07) is 0.235. The summed E-state index contributed by atoms with van der Waals surface area (Å²) in [6.45, 7) is 10.7. The van der Waals surface area contributed by atoms with Gasteiger partial charge < -0.3 is 16.0 Å². The number of carbonyl (C=O) groups excluding carboxylic acids is 1. The Labute approximate surface area is 123 Å². The summed E-state index contributed by atoms with van der Waals surface area (Å²) in [5.41, 5.74) is 6.16. The molecule has 2 aliphatic rings. The molecule has 1 aliphatic carbocycles. The fraction of sp³-hybridized carbons (Fsp3) is 0.938. The molecule has 0 spiro atoms. The van der Waals surface area contributed by atoms with Crippen molar-refractivity contribution in [2.45, 2.75) is 52.5 Å². The molecule has 0 aromatic carbocycles. The van der Waals surface area contributed by atoms with Gasteiger partial charge in [0.05, 0.1) is 0 Å². The molecule has 1 saturated heterocycles. The third-order valence-electron chi connectivity index (χ3n) is 5.75. The van der Waals surface area contributed by atoms with Crippen molar-refractivity contribution in [2.24, 2.45) is 23.0 Å². The first-order valence-corrected chi connectivity index (χ1v) is 8.18. The van der Waals surface area contributed by atoms with E-state index in [-0.39, 0.29) is 23.3 Å². The van der Waals surface area contributed by atoms with Crippen molar-refractivity contribution in [3.8, 4) is 0 Å². The van der Waals surface area contributed by atoms with Crippen molar-refractivity contribution in [1.29, 1.82) is 0 Å².